The predicted octanol–water partition coefficient (Wildman–Crippen LogP) is 7.81. The summed E-state index contributed by atoms with van der Waals surface area (Å²) in [7, 11) is -4.48. The van der Waals surface area contributed by atoms with Crippen LogP contribution in [0.4, 0.5) is 4.39 Å². The maximum atomic E-state index is 16.6. The molecule has 2 N–H and O–H groups in total. The molecule has 3 aliphatic rings. The highest BCUT2D eigenvalue weighted by Gasteiger charge is 2.47. The number of likely N-dealkylation sites (tertiary alicyclic amines) is 1. The van der Waals surface area contributed by atoms with Crippen molar-refractivity contribution in [3.8, 4) is 11.8 Å². The number of fused-ring (bicyclic) bond motifs is 2. The molecule has 0 aromatic heterocycles. The summed E-state index contributed by atoms with van der Waals surface area (Å²) in [6.45, 7) is 4.12. The molecule has 3 amide bonds. The second kappa shape index (κ2) is 18.8. The Balaban J connectivity index is 1.08. The van der Waals surface area contributed by atoms with Crippen LogP contribution in [-0.4, -0.2) is 77.4 Å². The van der Waals surface area contributed by atoms with Gasteiger partial charge in [-0.05, 0) is 91.3 Å². The quantitative estimate of drug-likeness (QED) is 0.101. The smallest absolute Gasteiger partial charge is 0.355 e. The number of nitrogens with one attached hydrogen (secondary N) is 2. The largest absolute Gasteiger partial charge is 0.465 e. The molecule has 0 bridgehead atoms. The zero-order chi connectivity index (χ0) is 42.4. The average Bonchev–Trinajstić information content (AvgIpc) is 3.90. The van der Waals surface area contributed by atoms with Crippen LogP contribution in [0.2, 0.25) is 0 Å². The van der Waals surface area contributed by atoms with Gasteiger partial charge in [0.2, 0.25) is 17.7 Å². The van der Waals surface area contributed by atoms with Gasteiger partial charge in [0.05, 0.1) is 18.6 Å². The van der Waals surface area contributed by atoms with Crippen molar-refractivity contribution in [1.29, 1.82) is 5.26 Å². The van der Waals surface area contributed by atoms with Crippen molar-refractivity contribution in [2.45, 2.75) is 94.8 Å². The van der Waals surface area contributed by atoms with Gasteiger partial charge in [-0.2, -0.15) is 5.26 Å². The van der Waals surface area contributed by atoms with Crippen LogP contribution in [0.15, 0.2) is 97.1 Å². The van der Waals surface area contributed by atoms with Crippen molar-refractivity contribution in [2.24, 2.45) is 5.92 Å². The maximum absolute atomic E-state index is 16.6. The molecule has 7 rings (SSSR count). The molecule has 314 valence electrons. The third kappa shape index (κ3) is 9.25. The summed E-state index contributed by atoms with van der Waals surface area (Å²) in [5, 5.41) is 16.7. The van der Waals surface area contributed by atoms with E-state index in [0.717, 1.165) is 24.8 Å². The minimum atomic E-state index is -4.48. The minimum absolute atomic E-state index is 0.00103. The molecule has 4 aromatic rings. The summed E-state index contributed by atoms with van der Waals surface area (Å²) in [5.74, 6) is -4.20. The standard InChI is InChI=1S/C46H51FN5O7P/c1-3-24-58-46(56)30(2)50-60(57,59-38-15-8-5-9-16-38)42(47)33-20-18-31-19-21-34(26-35(31)25-33)43(53)49-40-17-11-10-14-37-22-23-41(52(37)44(40)54)45(55)51-28-36(27-48)39(29-51)32-12-6-4-7-13-32/h4-9,12-13,15-16,18-21,25-26,30,36-37,39-42H,3,10-11,14,17,22-24,28-29H2,1-2H3,(H,49,53)(H,50,57)/t30-,36-,37-,39+,40-,41-,42?,60?/m0/s1. The third-order valence-electron chi connectivity index (χ3n) is 11.8. The third-order valence-corrected chi connectivity index (χ3v) is 13.9. The normalized spacial score (nSPS) is 23.6. The van der Waals surface area contributed by atoms with Gasteiger partial charge in [0.25, 0.3) is 5.91 Å². The predicted molar refractivity (Wildman–Crippen MR) is 225 cm³/mol. The Morgan fingerprint density at radius 2 is 1.63 bits per heavy atom. The molecular weight excluding hydrogens is 785 g/mol. The molecule has 12 nitrogen and oxygen atoms in total. The summed E-state index contributed by atoms with van der Waals surface area (Å²) in [6, 6.07) is 27.0. The molecule has 3 heterocycles. The Bertz CT molecular complexity index is 2290. The lowest BCUT2D eigenvalue weighted by molar-refractivity contribution is -0.146. The zero-order valence-corrected chi connectivity index (χ0v) is 34.8. The Labute approximate surface area is 349 Å². The van der Waals surface area contributed by atoms with E-state index in [0.29, 0.717) is 49.5 Å². The van der Waals surface area contributed by atoms with Crippen LogP contribution in [0.5, 0.6) is 5.75 Å². The van der Waals surface area contributed by atoms with Crippen molar-refractivity contribution < 1.29 is 37.4 Å². The molecule has 0 spiro atoms. The van der Waals surface area contributed by atoms with Gasteiger partial charge < -0.3 is 24.4 Å². The van der Waals surface area contributed by atoms with Gasteiger partial charge in [-0.1, -0.05) is 86.5 Å². The molecule has 3 fully saturated rings. The van der Waals surface area contributed by atoms with Gasteiger partial charge in [-0.25, -0.2) is 9.48 Å². The van der Waals surface area contributed by atoms with Crippen LogP contribution in [-0.2, 0) is 23.7 Å². The molecule has 14 heteroatoms. The Hall–Kier alpha value is -5.57. The van der Waals surface area contributed by atoms with Crippen LogP contribution in [0, 0.1) is 17.2 Å². The lowest BCUT2D eigenvalue weighted by atomic mass is 9.90. The molecule has 8 atom stereocenters. The number of esters is 1. The van der Waals surface area contributed by atoms with E-state index in [2.05, 4.69) is 16.5 Å². The molecular formula is C46H51FN5O7P. The van der Waals surface area contributed by atoms with E-state index in [-0.39, 0.29) is 53.2 Å². The summed E-state index contributed by atoms with van der Waals surface area (Å²) in [5.41, 5.74) is 1.24. The SMILES string of the molecule is CCCOC(=O)[C@H](C)NP(=O)(Oc1ccccc1)C(F)c1ccc2ccc(C(=O)N[C@H]3CCCC[C@H]4CC[C@@H](C(=O)N5C[C@H](c6ccccc6)[C@@H](C#N)C5)N4C3=O)cc2c1. The van der Waals surface area contributed by atoms with E-state index in [1.165, 1.54) is 31.2 Å². The number of halogens is 1. The molecule has 3 aliphatic heterocycles. The number of para-hydroxylation sites is 1. The number of carbonyl (C=O) groups excluding carboxylic acids is 4. The van der Waals surface area contributed by atoms with Crippen molar-refractivity contribution >= 4 is 42.0 Å². The first kappa shape index (κ1) is 42.6. The lowest BCUT2D eigenvalue weighted by Gasteiger charge is -2.36. The number of benzene rings is 4. The summed E-state index contributed by atoms with van der Waals surface area (Å²) in [4.78, 5) is 58.5. The van der Waals surface area contributed by atoms with Crippen LogP contribution in [0.3, 0.4) is 0 Å². The van der Waals surface area contributed by atoms with Crippen molar-refractivity contribution in [1.82, 2.24) is 20.2 Å². The van der Waals surface area contributed by atoms with E-state index in [1.807, 2.05) is 37.3 Å². The Morgan fingerprint density at radius 1 is 0.917 bits per heavy atom. The minimum Gasteiger partial charge on any atom is -0.465 e. The van der Waals surface area contributed by atoms with E-state index >= 15 is 4.39 Å². The van der Waals surface area contributed by atoms with Crippen molar-refractivity contribution in [3.05, 3.63) is 114 Å². The molecule has 4 aromatic carbocycles. The first-order chi connectivity index (χ1) is 29.0. The number of ether oxygens (including phenoxy) is 1. The fourth-order valence-electron chi connectivity index (χ4n) is 8.69. The molecule has 2 unspecified atom stereocenters. The number of rotatable bonds is 13. The van der Waals surface area contributed by atoms with Crippen LogP contribution in [0.25, 0.3) is 10.8 Å². The first-order valence-electron chi connectivity index (χ1n) is 20.8. The van der Waals surface area contributed by atoms with Gasteiger partial charge in [0, 0.05) is 30.6 Å². The number of alkyl halides is 1. The fraction of sp³-hybridized carbons (Fsp3) is 0.413. The van der Waals surface area contributed by atoms with E-state index in [1.54, 1.807) is 52.3 Å². The number of hydrogen-bond acceptors (Lipinski definition) is 8. The Kier molecular flexibility index (Phi) is 13.3. The number of amides is 3. The van der Waals surface area contributed by atoms with Crippen molar-refractivity contribution in [2.75, 3.05) is 19.7 Å². The van der Waals surface area contributed by atoms with Gasteiger partial charge in [-0.3, -0.25) is 23.7 Å². The first-order valence-corrected chi connectivity index (χ1v) is 22.5. The topological polar surface area (TPSA) is 158 Å². The van der Waals surface area contributed by atoms with Crippen LogP contribution in [0.1, 0.15) is 92.1 Å². The number of carbonyl (C=O) groups is 4. The highest BCUT2D eigenvalue weighted by molar-refractivity contribution is 7.57. The van der Waals surface area contributed by atoms with E-state index < -0.39 is 43.4 Å². The van der Waals surface area contributed by atoms with Crippen molar-refractivity contribution in [3.63, 3.8) is 0 Å². The Morgan fingerprint density at radius 3 is 2.37 bits per heavy atom. The van der Waals surface area contributed by atoms with E-state index in [9.17, 15) is 29.0 Å². The van der Waals surface area contributed by atoms with Gasteiger partial charge in [-0.15, -0.1) is 0 Å². The summed E-state index contributed by atoms with van der Waals surface area (Å²) < 4.78 is 41.9. The highest BCUT2D eigenvalue weighted by Crippen LogP contribution is 2.58. The fourth-order valence-corrected chi connectivity index (χ4v) is 10.6. The molecule has 3 saturated heterocycles. The maximum Gasteiger partial charge on any atom is 0.355 e. The summed E-state index contributed by atoms with van der Waals surface area (Å²) >= 11 is 0. The van der Waals surface area contributed by atoms with Gasteiger partial charge >= 0.3 is 13.5 Å². The number of nitrogens with zero attached hydrogens (tertiary/aromatic N) is 3. The monoisotopic (exact) mass is 835 g/mol. The average molecular weight is 836 g/mol. The van der Waals surface area contributed by atoms with Gasteiger partial charge in [0.15, 0.2) is 0 Å². The molecule has 0 aliphatic carbocycles. The molecule has 0 radical (unpaired) electrons. The molecule has 0 saturated carbocycles. The lowest BCUT2D eigenvalue weighted by Crippen LogP contribution is -2.56. The second-order valence-corrected chi connectivity index (χ2v) is 18.1. The molecule has 60 heavy (non-hydrogen) atoms. The van der Waals surface area contributed by atoms with E-state index in [4.69, 9.17) is 9.26 Å². The highest BCUT2D eigenvalue weighted by atomic mass is 31.2. The summed E-state index contributed by atoms with van der Waals surface area (Å²) in [6.07, 6.45) is 4.52. The number of hydrogen-bond donors (Lipinski definition) is 2. The second-order valence-electron chi connectivity index (χ2n) is 16.0. The van der Waals surface area contributed by atoms with Crippen LogP contribution >= 0.6 is 7.52 Å². The number of nitriles is 1. The van der Waals surface area contributed by atoms with Gasteiger partial charge in [0.1, 0.15) is 23.9 Å². The zero-order valence-electron chi connectivity index (χ0n) is 33.9. The van der Waals surface area contributed by atoms with Crippen LogP contribution < -0.4 is 14.9 Å².